The number of hydrogen-bond acceptors (Lipinski definition) is 13. The van der Waals surface area contributed by atoms with Crippen LogP contribution in [0.4, 0.5) is 4.39 Å². The van der Waals surface area contributed by atoms with Crippen molar-refractivity contribution in [1.82, 2.24) is 19.4 Å². The third kappa shape index (κ3) is 11.9. The van der Waals surface area contributed by atoms with Gasteiger partial charge in [0.05, 0.1) is 35.9 Å². The summed E-state index contributed by atoms with van der Waals surface area (Å²) in [6.45, 7) is 16.2. The van der Waals surface area contributed by atoms with E-state index in [2.05, 4.69) is 9.97 Å². The van der Waals surface area contributed by atoms with Gasteiger partial charge in [0.15, 0.2) is 12.1 Å². The topological polar surface area (TPSA) is 161 Å². The van der Waals surface area contributed by atoms with Gasteiger partial charge < -0.3 is 43.0 Å². The van der Waals surface area contributed by atoms with E-state index in [0.717, 1.165) is 37.6 Å². The molecular weight excluding hydrogens is 788 g/mol. The number of esters is 1. The summed E-state index contributed by atoms with van der Waals surface area (Å²) in [5, 5.41) is 11.4. The Morgan fingerprint density at radius 1 is 1.02 bits per heavy atom. The third-order valence-corrected chi connectivity index (χ3v) is 12.8. The molecule has 4 heterocycles. The van der Waals surface area contributed by atoms with Crippen LogP contribution in [0.5, 0.6) is 0 Å². The second-order valence-corrected chi connectivity index (χ2v) is 18.0. The largest absolute Gasteiger partial charge is 0.457 e. The highest BCUT2D eigenvalue weighted by atomic mass is 19.1. The van der Waals surface area contributed by atoms with Crippen molar-refractivity contribution in [3.63, 3.8) is 0 Å². The Kier molecular flexibility index (Phi) is 18.2. The van der Waals surface area contributed by atoms with Crippen LogP contribution < -0.4 is 0 Å². The minimum Gasteiger partial charge on any atom is -0.457 e. The summed E-state index contributed by atoms with van der Waals surface area (Å²) < 4.78 is 57.0. The van der Waals surface area contributed by atoms with Gasteiger partial charge in [-0.1, -0.05) is 34.6 Å². The van der Waals surface area contributed by atoms with E-state index in [1.807, 2.05) is 55.7 Å². The summed E-state index contributed by atoms with van der Waals surface area (Å²) in [6, 6.07) is 3.50. The lowest BCUT2D eigenvalue weighted by molar-refractivity contribution is -0.295. The van der Waals surface area contributed by atoms with E-state index < -0.39 is 77.1 Å². The van der Waals surface area contributed by atoms with Crippen molar-refractivity contribution < 1.29 is 52.3 Å². The molecule has 0 saturated carbocycles. The Morgan fingerprint density at radius 2 is 1.74 bits per heavy atom. The van der Waals surface area contributed by atoms with Crippen LogP contribution in [0.3, 0.4) is 0 Å². The second-order valence-electron chi connectivity index (χ2n) is 18.0. The molecule has 2 aromatic rings. The molecule has 1 N–H and O–H groups in total. The number of unbranched alkanes of at least 4 members (excludes halogenated alkanes) is 2. The first-order valence-corrected chi connectivity index (χ1v) is 22.1. The number of aryl methyl sites for hydroxylation is 1. The van der Waals surface area contributed by atoms with Gasteiger partial charge in [-0.25, -0.2) is 14.2 Å². The van der Waals surface area contributed by atoms with Crippen LogP contribution in [-0.4, -0.2) is 136 Å². The van der Waals surface area contributed by atoms with Crippen LogP contribution in [0, 0.1) is 17.8 Å². The number of ether oxygens (including phenoxy) is 6. The Bertz CT molecular complexity index is 1710. The minimum atomic E-state index is -3.12. The number of likely N-dealkylation sites (N-methyl/N-ethyl adjacent to an activating group) is 1. The molecule has 0 radical (unpaired) electrons. The zero-order valence-electron chi connectivity index (χ0n) is 38.6. The van der Waals surface area contributed by atoms with Gasteiger partial charge in [-0.15, -0.1) is 0 Å². The van der Waals surface area contributed by atoms with Crippen molar-refractivity contribution in [1.29, 1.82) is 0 Å². The molecule has 0 aliphatic carbocycles. The fourth-order valence-electron chi connectivity index (χ4n) is 9.14. The number of rotatable bonds is 16. The normalized spacial score (nSPS) is 35.9. The van der Waals surface area contributed by atoms with Crippen LogP contribution >= 0.6 is 0 Å². The number of carbonyl (C=O) groups is 3. The van der Waals surface area contributed by atoms with Gasteiger partial charge in [-0.05, 0) is 98.9 Å². The zero-order valence-corrected chi connectivity index (χ0v) is 38.6. The number of imidazole rings is 1. The molecule has 0 bridgehead atoms. The number of Topliss-reactive ketones (excluding diaryl/α,β-unsaturated/α-hetero) is 2. The summed E-state index contributed by atoms with van der Waals surface area (Å²) >= 11 is 0. The van der Waals surface area contributed by atoms with Crippen molar-refractivity contribution in [2.75, 3.05) is 34.4 Å². The van der Waals surface area contributed by atoms with E-state index >= 15 is 4.39 Å². The smallest absolute Gasteiger partial charge is 0.351 e. The maximum Gasteiger partial charge on any atom is 0.351 e. The minimum absolute atomic E-state index is 0.0467. The molecule has 2 aromatic heterocycles. The van der Waals surface area contributed by atoms with E-state index in [1.165, 1.54) is 14.0 Å². The predicted molar refractivity (Wildman–Crippen MR) is 228 cm³/mol. The molecule has 2 aliphatic rings. The highest BCUT2D eigenvalue weighted by molar-refractivity contribution is 6.07. The van der Waals surface area contributed by atoms with Crippen LogP contribution in [0.2, 0.25) is 0 Å². The molecule has 2 fully saturated rings. The maximum atomic E-state index is 17.0. The Morgan fingerprint density at radius 3 is 2.36 bits per heavy atom. The number of carbonyl (C=O) groups excluding carboxylic acids is 3. The SMILES string of the molecule is CCCO[C@@]1(C)C(OCCCCCn2cnc(-c3cccnc3)c2)[C@@H](C)C(=O)[C@H](C)C[C@](C)(OC)[C@H](O[C@@H]2O[C@H](C)C[C@H](N(C)C)[C@H]2O)[C@@H](C)C(=O)[C@](C)(F)C(=O)O[C@@H]1CC. The molecule has 2 aliphatic heterocycles. The number of pyridine rings is 1. The molecule has 61 heavy (non-hydrogen) atoms. The molecule has 0 amide bonds. The van der Waals surface area contributed by atoms with Gasteiger partial charge in [0.1, 0.15) is 23.6 Å². The lowest BCUT2D eigenvalue weighted by atomic mass is 9.73. The van der Waals surface area contributed by atoms with E-state index in [0.29, 0.717) is 19.3 Å². The summed E-state index contributed by atoms with van der Waals surface area (Å²) in [5.41, 5.74) is -4.15. The highest BCUT2D eigenvalue weighted by Crippen LogP contribution is 2.41. The van der Waals surface area contributed by atoms with E-state index in [1.54, 1.807) is 53.3 Å². The average molecular weight is 861 g/mol. The first-order valence-electron chi connectivity index (χ1n) is 22.1. The van der Waals surface area contributed by atoms with Crippen molar-refractivity contribution in [3.05, 3.63) is 37.1 Å². The number of cyclic esters (lactones) is 1. The fourth-order valence-corrected chi connectivity index (χ4v) is 9.14. The number of aliphatic hydroxyl groups excluding tert-OH is 1. The molecule has 0 aromatic carbocycles. The molecule has 4 rings (SSSR count). The fraction of sp³-hybridized carbons (Fsp3) is 0.761. The molecule has 2 saturated heterocycles. The Balaban J connectivity index is 1.65. The molecule has 13 atom stereocenters. The Labute approximate surface area is 362 Å². The van der Waals surface area contributed by atoms with Crippen molar-refractivity contribution in [3.8, 4) is 11.3 Å². The molecule has 15 heteroatoms. The number of aliphatic hydroxyl groups is 1. The molecule has 0 spiro atoms. The number of alkyl halides is 1. The highest BCUT2D eigenvalue weighted by Gasteiger charge is 2.57. The average Bonchev–Trinajstić information content (AvgIpc) is 3.72. The number of ketones is 2. The monoisotopic (exact) mass is 861 g/mol. The Hall–Kier alpha value is -3.18. The third-order valence-electron chi connectivity index (χ3n) is 12.8. The number of methoxy groups -OCH3 is 1. The van der Waals surface area contributed by atoms with E-state index in [-0.39, 0.29) is 44.0 Å². The molecule has 1 unspecified atom stereocenters. The number of aromatic nitrogens is 3. The molecule has 14 nitrogen and oxygen atoms in total. The summed E-state index contributed by atoms with van der Waals surface area (Å²) in [4.78, 5) is 53.7. The van der Waals surface area contributed by atoms with Crippen LogP contribution in [0.15, 0.2) is 37.1 Å². The van der Waals surface area contributed by atoms with Crippen LogP contribution in [0.25, 0.3) is 11.3 Å². The van der Waals surface area contributed by atoms with E-state index in [9.17, 15) is 19.5 Å². The summed E-state index contributed by atoms with van der Waals surface area (Å²) in [7, 11) is 5.11. The second kappa shape index (κ2) is 21.9. The zero-order chi connectivity index (χ0) is 45.3. The van der Waals surface area contributed by atoms with Gasteiger partial charge in [-0.3, -0.25) is 14.6 Å². The van der Waals surface area contributed by atoms with Crippen LogP contribution in [-0.2, 0) is 49.3 Å². The predicted octanol–water partition coefficient (Wildman–Crippen LogP) is 6.40. The molecule has 344 valence electrons. The van der Waals surface area contributed by atoms with Crippen LogP contribution in [0.1, 0.15) is 107 Å². The quantitative estimate of drug-likeness (QED) is 0.112. The lowest BCUT2D eigenvalue weighted by Crippen LogP contribution is -2.62. The first-order chi connectivity index (χ1) is 28.7. The number of halogens is 1. The first kappa shape index (κ1) is 50.5. The number of hydrogen-bond donors (Lipinski definition) is 1. The van der Waals surface area contributed by atoms with E-state index in [4.69, 9.17) is 28.4 Å². The lowest BCUT2D eigenvalue weighted by Gasteiger charge is -2.48. The standard InChI is InChI=1S/C46H73FN4O10/c1-13-22-58-46(9)36(14-2)60-43(55)45(8,47)39(54)32(6)40(61-42-38(53)35(50(10)11)24-30(4)59-42)44(7,56-12)25-29(3)37(52)31(5)41(46)57-23-17-15-16-21-51-27-34(49-28-51)33-19-18-20-48-26-33/h18-20,26-32,35-36,38,40-42,53H,13-17,21-25H2,1-12H3/t29-,30-,31+,32+,35+,36-,38-,40-,41?,42+,44+,45+,46-/m1/s1. The van der Waals surface area contributed by atoms with Gasteiger partial charge in [0.2, 0.25) is 0 Å². The van der Waals surface area contributed by atoms with Crippen molar-refractivity contribution >= 4 is 17.5 Å². The van der Waals surface area contributed by atoms with Gasteiger partial charge in [-0.2, -0.15) is 0 Å². The van der Waals surface area contributed by atoms with Gasteiger partial charge >= 0.3 is 5.97 Å². The van der Waals surface area contributed by atoms with Gasteiger partial charge in [0.25, 0.3) is 5.67 Å². The maximum absolute atomic E-state index is 17.0. The molecular formula is C46H73FN4O10. The number of nitrogens with zero attached hydrogens (tertiary/aromatic N) is 4. The van der Waals surface area contributed by atoms with Crippen molar-refractivity contribution in [2.45, 2.75) is 174 Å². The summed E-state index contributed by atoms with van der Waals surface area (Å²) in [6.07, 6.45) is 5.01. The summed E-state index contributed by atoms with van der Waals surface area (Å²) in [5.74, 6) is -5.44. The van der Waals surface area contributed by atoms with Gasteiger partial charge in [0, 0.05) is 74.8 Å². The van der Waals surface area contributed by atoms with Crippen molar-refractivity contribution in [2.24, 2.45) is 17.8 Å².